The maximum atomic E-state index is 12.5. The van der Waals surface area contributed by atoms with Crippen molar-refractivity contribution in [3.8, 4) is 11.5 Å². The highest BCUT2D eigenvalue weighted by Gasteiger charge is 2.34. The van der Waals surface area contributed by atoms with Crippen LogP contribution in [0.1, 0.15) is 23.6 Å². The lowest BCUT2D eigenvalue weighted by atomic mass is 10.1. The van der Waals surface area contributed by atoms with Gasteiger partial charge in [-0.2, -0.15) is 0 Å². The third-order valence-electron chi connectivity index (χ3n) is 5.11. The summed E-state index contributed by atoms with van der Waals surface area (Å²) < 4.78 is 16.3. The van der Waals surface area contributed by atoms with Crippen LogP contribution in [0.3, 0.4) is 0 Å². The van der Waals surface area contributed by atoms with E-state index in [9.17, 15) is 14.4 Å². The van der Waals surface area contributed by atoms with Crippen molar-refractivity contribution < 1.29 is 28.6 Å². The minimum atomic E-state index is -0.353. The summed E-state index contributed by atoms with van der Waals surface area (Å²) >= 11 is 0.885. The number of amides is 3. The quantitative estimate of drug-likeness (QED) is 0.500. The van der Waals surface area contributed by atoms with Gasteiger partial charge in [-0.25, -0.2) is 0 Å². The van der Waals surface area contributed by atoms with Gasteiger partial charge >= 0.3 is 0 Å². The molecule has 0 radical (unpaired) electrons. The van der Waals surface area contributed by atoms with Gasteiger partial charge in [0.1, 0.15) is 0 Å². The molecule has 0 bridgehead atoms. The molecular formula is C25H28N2O6S. The molecule has 34 heavy (non-hydrogen) atoms. The van der Waals surface area contributed by atoms with Crippen LogP contribution in [0.15, 0.2) is 41.3 Å². The summed E-state index contributed by atoms with van der Waals surface area (Å²) in [7, 11) is 1.51. The van der Waals surface area contributed by atoms with Crippen molar-refractivity contribution in [3.63, 3.8) is 0 Å². The fourth-order valence-corrected chi connectivity index (χ4v) is 4.05. The lowest BCUT2D eigenvalue weighted by Crippen LogP contribution is -2.31. The van der Waals surface area contributed by atoms with Gasteiger partial charge in [-0.3, -0.25) is 19.3 Å². The number of carbonyl (C=O) groups is 3. The van der Waals surface area contributed by atoms with Crippen molar-refractivity contribution in [2.24, 2.45) is 0 Å². The van der Waals surface area contributed by atoms with Crippen molar-refractivity contribution >= 4 is 40.6 Å². The van der Waals surface area contributed by atoms with Crippen molar-refractivity contribution in [1.82, 2.24) is 4.90 Å². The Balaban J connectivity index is 1.68. The molecule has 0 spiro atoms. The van der Waals surface area contributed by atoms with Gasteiger partial charge in [-0.05, 0) is 79.6 Å². The van der Waals surface area contributed by atoms with Crippen LogP contribution in [0.5, 0.6) is 11.5 Å². The summed E-state index contributed by atoms with van der Waals surface area (Å²) in [6.07, 6.45) is 1.64. The van der Waals surface area contributed by atoms with Crippen molar-refractivity contribution in [3.05, 3.63) is 58.0 Å². The van der Waals surface area contributed by atoms with Gasteiger partial charge in [0.25, 0.3) is 17.1 Å². The predicted octanol–water partition coefficient (Wildman–Crippen LogP) is 4.40. The number of nitrogens with one attached hydrogen (secondary N) is 1. The molecule has 0 aliphatic carbocycles. The largest absolute Gasteiger partial charge is 0.490 e. The number of benzene rings is 2. The zero-order chi connectivity index (χ0) is 24.7. The Morgan fingerprint density at radius 1 is 1.06 bits per heavy atom. The van der Waals surface area contributed by atoms with Crippen LogP contribution in [0.2, 0.25) is 0 Å². The number of rotatable bonds is 10. The lowest BCUT2D eigenvalue weighted by Gasteiger charge is -2.13. The maximum absolute atomic E-state index is 12.5. The predicted molar refractivity (Wildman–Crippen MR) is 132 cm³/mol. The SMILES string of the molecule is CCOc1cc(/C=C2/SC(=O)N(CCOC)C2=O)ccc1OCC(=O)Nc1ccc(C)c(C)c1. The lowest BCUT2D eigenvalue weighted by molar-refractivity contribution is -0.123. The number of carbonyl (C=O) groups excluding carboxylic acids is 3. The third kappa shape index (κ3) is 6.39. The first-order valence-corrected chi connectivity index (χ1v) is 11.6. The molecule has 0 aromatic heterocycles. The minimum Gasteiger partial charge on any atom is -0.490 e. The van der Waals surface area contributed by atoms with E-state index in [0.29, 0.717) is 34.3 Å². The fraction of sp³-hybridized carbons (Fsp3) is 0.320. The molecule has 3 amide bonds. The summed E-state index contributed by atoms with van der Waals surface area (Å²) in [6.45, 7) is 6.52. The van der Waals surface area contributed by atoms with Crippen LogP contribution in [0, 0.1) is 13.8 Å². The second-order valence-electron chi connectivity index (χ2n) is 7.60. The topological polar surface area (TPSA) is 94.2 Å². The van der Waals surface area contributed by atoms with Gasteiger partial charge in [0.15, 0.2) is 18.1 Å². The van der Waals surface area contributed by atoms with Crippen LogP contribution in [0.25, 0.3) is 6.08 Å². The molecule has 3 rings (SSSR count). The third-order valence-corrected chi connectivity index (χ3v) is 6.01. The number of hydrogen-bond donors (Lipinski definition) is 1. The first kappa shape index (κ1) is 25.3. The average Bonchev–Trinajstić information content (AvgIpc) is 3.06. The molecule has 1 aliphatic rings. The molecule has 180 valence electrons. The van der Waals surface area contributed by atoms with Crippen LogP contribution >= 0.6 is 11.8 Å². The summed E-state index contributed by atoms with van der Waals surface area (Å²) in [4.78, 5) is 38.5. The van der Waals surface area contributed by atoms with E-state index in [-0.39, 0.29) is 36.8 Å². The zero-order valence-corrected chi connectivity index (χ0v) is 20.5. The Kier molecular flexibility index (Phi) is 8.72. The van der Waals surface area contributed by atoms with E-state index in [2.05, 4.69) is 5.32 Å². The van der Waals surface area contributed by atoms with E-state index in [1.165, 1.54) is 7.11 Å². The van der Waals surface area contributed by atoms with Crippen molar-refractivity contribution in [2.75, 3.05) is 38.8 Å². The Morgan fingerprint density at radius 2 is 1.85 bits per heavy atom. The van der Waals surface area contributed by atoms with Gasteiger partial charge in [-0.15, -0.1) is 0 Å². The minimum absolute atomic E-state index is 0.190. The summed E-state index contributed by atoms with van der Waals surface area (Å²) in [6, 6.07) is 10.8. The Hall–Kier alpha value is -3.30. The molecule has 8 nitrogen and oxygen atoms in total. The molecular weight excluding hydrogens is 456 g/mol. The number of ether oxygens (including phenoxy) is 3. The summed E-state index contributed by atoms with van der Waals surface area (Å²) in [5, 5.41) is 2.49. The average molecular weight is 485 g/mol. The second-order valence-corrected chi connectivity index (χ2v) is 8.59. The van der Waals surface area contributed by atoms with Crippen LogP contribution in [-0.4, -0.2) is 55.4 Å². The molecule has 1 saturated heterocycles. The van der Waals surface area contributed by atoms with Gasteiger partial charge in [0.05, 0.1) is 24.7 Å². The molecule has 1 aliphatic heterocycles. The van der Waals surface area contributed by atoms with E-state index in [4.69, 9.17) is 14.2 Å². The number of aryl methyl sites for hydroxylation is 2. The Morgan fingerprint density at radius 3 is 2.56 bits per heavy atom. The first-order chi connectivity index (χ1) is 16.3. The molecule has 1 heterocycles. The molecule has 0 saturated carbocycles. The molecule has 0 atom stereocenters. The number of methoxy groups -OCH3 is 1. The normalized spacial score (nSPS) is 14.6. The molecule has 2 aromatic carbocycles. The summed E-state index contributed by atoms with van der Waals surface area (Å²) in [5.74, 6) is 0.198. The van der Waals surface area contributed by atoms with E-state index in [1.54, 1.807) is 24.3 Å². The molecule has 1 fully saturated rings. The second kappa shape index (κ2) is 11.7. The molecule has 0 unspecified atom stereocenters. The highest BCUT2D eigenvalue weighted by Crippen LogP contribution is 2.34. The van der Waals surface area contributed by atoms with Gasteiger partial charge in [0, 0.05) is 12.8 Å². The van der Waals surface area contributed by atoms with Crippen LogP contribution in [-0.2, 0) is 14.3 Å². The summed E-state index contributed by atoms with van der Waals surface area (Å²) in [5.41, 5.74) is 3.61. The highest BCUT2D eigenvalue weighted by atomic mass is 32.2. The number of imide groups is 1. The smallest absolute Gasteiger partial charge is 0.293 e. The number of thioether (sulfide) groups is 1. The van der Waals surface area contributed by atoms with E-state index in [0.717, 1.165) is 27.8 Å². The first-order valence-electron chi connectivity index (χ1n) is 10.8. The standard InChI is InChI=1S/C25H28N2O6S/c1-5-32-21-13-18(14-22-24(29)27(10-11-31-4)25(30)34-22)7-9-20(21)33-15-23(28)26-19-8-6-16(2)17(3)12-19/h6-9,12-14H,5,10-11,15H2,1-4H3,(H,26,28)/b22-14+. The van der Waals surface area contributed by atoms with E-state index in [1.807, 2.05) is 39.0 Å². The van der Waals surface area contributed by atoms with Crippen molar-refractivity contribution in [1.29, 1.82) is 0 Å². The monoisotopic (exact) mass is 484 g/mol. The fourth-order valence-electron chi connectivity index (χ4n) is 3.19. The van der Waals surface area contributed by atoms with Gasteiger partial charge < -0.3 is 19.5 Å². The van der Waals surface area contributed by atoms with Crippen molar-refractivity contribution in [2.45, 2.75) is 20.8 Å². The van der Waals surface area contributed by atoms with Gasteiger partial charge in [-0.1, -0.05) is 12.1 Å². The van der Waals surface area contributed by atoms with Gasteiger partial charge in [0.2, 0.25) is 0 Å². The van der Waals surface area contributed by atoms with E-state index >= 15 is 0 Å². The number of nitrogens with zero attached hydrogens (tertiary/aromatic N) is 1. The molecule has 1 N–H and O–H groups in total. The van der Waals surface area contributed by atoms with Crippen LogP contribution in [0.4, 0.5) is 10.5 Å². The molecule has 9 heteroatoms. The van der Waals surface area contributed by atoms with E-state index < -0.39 is 0 Å². The molecule has 2 aromatic rings. The Bertz CT molecular complexity index is 1110. The highest BCUT2D eigenvalue weighted by molar-refractivity contribution is 8.18. The zero-order valence-electron chi connectivity index (χ0n) is 19.7. The number of hydrogen-bond acceptors (Lipinski definition) is 7. The number of anilines is 1. The maximum Gasteiger partial charge on any atom is 0.293 e. The van der Waals surface area contributed by atoms with Crippen LogP contribution < -0.4 is 14.8 Å². The Labute approximate surface area is 203 Å².